The van der Waals surface area contributed by atoms with Crippen molar-refractivity contribution in [1.82, 2.24) is 14.5 Å². The molecule has 0 radical (unpaired) electrons. The molecule has 1 aromatic carbocycles. The Labute approximate surface area is 196 Å². The summed E-state index contributed by atoms with van der Waals surface area (Å²) in [5.74, 6) is 0.293. The van der Waals surface area contributed by atoms with Gasteiger partial charge in [-0.3, -0.25) is 4.79 Å². The third kappa shape index (κ3) is 5.93. The molecule has 1 aliphatic rings. The Morgan fingerprint density at radius 1 is 1.22 bits per heavy atom. The van der Waals surface area contributed by atoms with Gasteiger partial charge in [-0.15, -0.1) is 0 Å². The van der Waals surface area contributed by atoms with Crippen LogP contribution in [0.2, 0.25) is 5.02 Å². The molecule has 1 amide bonds. The van der Waals surface area contributed by atoms with E-state index in [2.05, 4.69) is 4.98 Å². The van der Waals surface area contributed by atoms with Gasteiger partial charge in [0.2, 0.25) is 20.9 Å². The SMILES string of the molecule is CC(C)Cn1c(CN(C(=O)C2CCCC2)C(C)C)cnc1S(=O)(=O)Cc1cccc(Cl)c1. The second-order valence-electron chi connectivity index (χ2n) is 9.47. The number of imidazole rings is 1. The van der Waals surface area contributed by atoms with Crippen molar-refractivity contribution in [2.24, 2.45) is 11.8 Å². The molecular formula is C24H34ClN3O3S. The van der Waals surface area contributed by atoms with Gasteiger partial charge in [-0.05, 0) is 50.3 Å². The molecule has 1 heterocycles. The summed E-state index contributed by atoms with van der Waals surface area (Å²) in [6.07, 6.45) is 5.68. The topological polar surface area (TPSA) is 72.3 Å². The number of hydrogen-bond donors (Lipinski definition) is 0. The number of carbonyl (C=O) groups excluding carboxylic acids is 1. The smallest absolute Gasteiger partial charge is 0.228 e. The first-order valence-corrected chi connectivity index (χ1v) is 13.4. The third-order valence-corrected chi connectivity index (χ3v) is 7.75. The van der Waals surface area contributed by atoms with Crippen LogP contribution in [0.25, 0.3) is 0 Å². The summed E-state index contributed by atoms with van der Waals surface area (Å²) < 4.78 is 28.3. The number of carbonyl (C=O) groups is 1. The molecule has 32 heavy (non-hydrogen) atoms. The van der Waals surface area contributed by atoms with Gasteiger partial charge in [0, 0.05) is 23.5 Å². The van der Waals surface area contributed by atoms with E-state index in [0.29, 0.717) is 23.7 Å². The van der Waals surface area contributed by atoms with E-state index < -0.39 is 9.84 Å². The monoisotopic (exact) mass is 479 g/mol. The normalized spacial score (nSPS) is 15.1. The van der Waals surface area contributed by atoms with Gasteiger partial charge < -0.3 is 9.47 Å². The van der Waals surface area contributed by atoms with Crippen molar-refractivity contribution in [2.75, 3.05) is 0 Å². The maximum absolute atomic E-state index is 13.3. The molecule has 6 nitrogen and oxygen atoms in total. The van der Waals surface area contributed by atoms with Crippen LogP contribution in [0.15, 0.2) is 35.6 Å². The Bertz CT molecular complexity index is 1040. The van der Waals surface area contributed by atoms with Crippen LogP contribution < -0.4 is 0 Å². The van der Waals surface area contributed by atoms with Gasteiger partial charge in [0.05, 0.1) is 24.2 Å². The van der Waals surface area contributed by atoms with Crippen molar-refractivity contribution in [2.45, 2.75) is 83.4 Å². The van der Waals surface area contributed by atoms with E-state index in [1.165, 1.54) is 0 Å². The van der Waals surface area contributed by atoms with Crippen molar-refractivity contribution in [3.8, 4) is 0 Å². The average Bonchev–Trinajstić information content (AvgIpc) is 3.35. The average molecular weight is 480 g/mol. The highest BCUT2D eigenvalue weighted by molar-refractivity contribution is 7.90. The van der Waals surface area contributed by atoms with Gasteiger partial charge in [-0.25, -0.2) is 13.4 Å². The fourth-order valence-electron chi connectivity index (χ4n) is 4.33. The Balaban J connectivity index is 1.92. The highest BCUT2D eigenvalue weighted by atomic mass is 35.5. The van der Waals surface area contributed by atoms with E-state index in [9.17, 15) is 13.2 Å². The number of sulfone groups is 1. The molecule has 8 heteroatoms. The van der Waals surface area contributed by atoms with E-state index in [1.54, 1.807) is 35.0 Å². The highest BCUT2D eigenvalue weighted by Crippen LogP contribution is 2.28. The predicted octanol–water partition coefficient (Wildman–Crippen LogP) is 5.09. The van der Waals surface area contributed by atoms with Gasteiger partial charge in [0.25, 0.3) is 0 Å². The van der Waals surface area contributed by atoms with Gasteiger partial charge >= 0.3 is 0 Å². The van der Waals surface area contributed by atoms with Crippen molar-refractivity contribution >= 4 is 27.3 Å². The highest BCUT2D eigenvalue weighted by Gasteiger charge is 2.31. The van der Waals surface area contributed by atoms with Gasteiger partial charge in [-0.1, -0.05) is 50.4 Å². The first-order chi connectivity index (χ1) is 15.1. The summed E-state index contributed by atoms with van der Waals surface area (Å²) in [5.41, 5.74) is 1.38. The Hall–Kier alpha value is -1.86. The van der Waals surface area contributed by atoms with Crippen LogP contribution in [0.4, 0.5) is 0 Å². The summed E-state index contributed by atoms with van der Waals surface area (Å²) >= 11 is 6.04. The Kier molecular flexibility index (Phi) is 8.04. The first-order valence-electron chi connectivity index (χ1n) is 11.4. The number of benzene rings is 1. The second-order valence-corrected chi connectivity index (χ2v) is 11.8. The minimum Gasteiger partial charge on any atom is -0.334 e. The molecule has 1 saturated carbocycles. The lowest BCUT2D eigenvalue weighted by atomic mass is 10.1. The minimum absolute atomic E-state index is 0.0250. The molecule has 3 rings (SSSR count). The summed E-state index contributed by atoms with van der Waals surface area (Å²) in [4.78, 5) is 19.4. The maximum atomic E-state index is 13.3. The Morgan fingerprint density at radius 3 is 2.50 bits per heavy atom. The van der Waals surface area contributed by atoms with Crippen LogP contribution in [-0.2, 0) is 33.5 Å². The van der Waals surface area contributed by atoms with Crippen LogP contribution in [0.5, 0.6) is 0 Å². The molecule has 2 aromatic rings. The number of nitrogens with zero attached hydrogens (tertiary/aromatic N) is 3. The largest absolute Gasteiger partial charge is 0.334 e. The van der Waals surface area contributed by atoms with E-state index in [-0.39, 0.29) is 34.7 Å². The van der Waals surface area contributed by atoms with Gasteiger partial charge in [0.1, 0.15) is 0 Å². The predicted molar refractivity (Wildman–Crippen MR) is 127 cm³/mol. The van der Waals surface area contributed by atoms with Crippen molar-refractivity contribution in [1.29, 1.82) is 0 Å². The summed E-state index contributed by atoms with van der Waals surface area (Å²) in [5, 5.41) is 0.556. The van der Waals surface area contributed by atoms with Crippen LogP contribution >= 0.6 is 11.6 Å². The lowest BCUT2D eigenvalue weighted by Crippen LogP contribution is -2.40. The fourth-order valence-corrected chi connectivity index (χ4v) is 6.04. The van der Waals surface area contributed by atoms with Crippen LogP contribution in [0, 0.1) is 11.8 Å². The lowest BCUT2D eigenvalue weighted by Gasteiger charge is -2.30. The first kappa shape index (κ1) is 24.8. The standard InChI is InChI=1S/C24H34ClN3O3S/c1-17(2)14-28-22(15-27(18(3)4)23(29)20-9-5-6-10-20)13-26-24(28)32(30,31)16-19-8-7-11-21(25)12-19/h7-8,11-13,17-18,20H,5-6,9-10,14-16H2,1-4H3. The zero-order valence-electron chi connectivity index (χ0n) is 19.4. The molecule has 1 aromatic heterocycles. The summed E-state index contributed by atoms with van der Waals surface area (Å²) in [7, 11) is -3.69. The van der Waals surface area contributed by atoms with Gasteiger partial charge in [-0.2, -0.15) is 0 Å². The molecule has 0 bridgehead atoms. The molecule has 0 atom stereocenters. The van der Waals surface area contributed by atoms with Crippen molar-refractivity contribution in [3.63, 3.8) is 0 Å². The van der Waals surface area contributed by atoms with Gasteiger partial charge in [0.15, 0.2) is 0 Å². The van der Waals surface area contributed by atoms with E-state index >= 15 is 0 Å². The minimum atomic E-state index is -3.69. The number of hydrogen-bond acceptors (Lipinski definition) is 4. The molecule has 0 aliphatic heterocycles. The lowest BCUT2D eigenvalue weighted by molar-refractivity contribution is -0.137. The zero-order chi connectivity index (χ0) is 23.5. The molecule has 0 saturated heterocycles. The Morgan fingerprint density at radius 2 is 1.91 bits per heavy atom. The number of rotatable bonds is 9. The molecule has 1 aliphatic carbocycles. The molecule has 1 fully saturated rings. The molecular weight excluding hydrogens is 446 g/mol. The number of amides is 1. The van der Waals surface area contributed by atoms with Crippen LogP contribution in [0.3, 0.4) is 0 Å². The van der Waals surface area contributed by atoms with Crippen molar-refractivity contribution in [3.05, 3.63) is 46.7 Å². The van der Waals surface area contributed by atoms with Crippen LogP contribution in [-0.4, -0.2) is 34.8 Å². The molecule has 176 valence electrons. The quantitative estimate of drug-likeness (QED) is 0.502. The van der Waals surface area contributed by atoms with E-state index in [0.717, 1.165) is 31.4 Å². The second kappa shape index (κ2) is 10.4. The molecule has 0 N–H and O–H groups in total. The van der Waals surface area contributed by atoms with E-state index in [4.69, 9.17) is 11.6 Å². The summed E-state index contributed by atoms with van der Waals surface area (Å²) in [6, 6.07) is 6.90. The third-order valence-electron chi connectivity index (χ3n) is 5.92. The number of halogens is 1. The van der Waals surface area contributed by atoms with Crippen molar-refractivity contribution < 1.29 is 13.2 Å². The fraction of sp³-hybridized carbons (Fsp3) is 0.583. The number of aromatic nitrogens is 2. The van der Waals surface area contributed by atoms with E-state index in [1.807, 2.05) is 32.6 Å². The zero-order valence-corrected chi connectivity index (χ0v) is 21.0. The maximum Gasteiger partial charge on any atom is 0.228 e. The molecule has 0 unspecified atom stereocenters. The summed E-state index contributed by atoms with van der Waals surface area (Å²) in [6.45, 7) is 8.98. The molecule has 0 spiro atoms. The van der Waals surface area contributed by atoms with Crippen LogP contribution in [0.1, 0.15) is 64.6 Å².